The molecule has 0 unspecified atom stereocenters. The number of hydrogen-bond acceptors (Lipinski definition) is 6. The minimum absolute atomic E-state index is 0.0371. The third-order valence-electron chi connectivity index (χ3n) is 5.99. The van der Waals surface area contributed by atoms with E-state index < -0.39 is 14.9 Å². The molecule has 38 heavy (non-hydrogen) atoms. The molecule has 10 heteroatoms. The number of ether oxygens (including phenoxy) is 1. The van der Waals surface area contributed by atoms with Gasteiger partial charge in [0.1, 0.15) is 12.4 Å². The van der Waals surface area contributed by atoms with Crippen LogP contribution in [0.4, 0.5) is 11.4 Å². The van der Waals surface area contributed by atoms with Crippen LogP contribution in [0.15, 0.2) is 66.7 Å². The van der Waals surface area contributed by atoms with Gasteiger partial charge in [-0.25, -0.2) is 8.42 Å². The Kier molecular flexibility index (Phi) is 8.78. The molecule has 0 spiro atoms. The van der Waals surface area contributed by atoms with Crippen LogP contribution in [0.2, 0.25) is 0 Å². The van der Waals surface area contributed by atoms with E-state index in [1.54, 1.807) is 31.2 Å². The Morgan fingerprint density at radius 1 is 1.03 bits per heavy atom. The summed E-state index contributed by atoms with van der Waals surface area (Å²) in [4.78, 5) is 23.2. The average molecular weight is 540 g/mol. The first-order chi connectivity index (χ1) is 17.8. The number of carbonyl (C=O) groups is 1. The number of nitro benzene ring substituents is 1. The molecule has 0 atom stereocenters. The van der Waals surface area contributed by atoms with Gasteiger partial charge in [0.25, 0.3) is 11.6 Å². The molecule has 0 saturated carbocycles. The Morgan fingerprint density at radius 2 is 1.66 bits per heavy atom. The zero-order chi connectivity index (χ0) is 28.1. The molecule has 0 saturated heterocycles. The summed E-state index contributed by atoms with van der Waals surface area (Å²) in [5.41, 5.74) is 2.94. The standard InChI is InChI=1S/C28H33N3O6S/c1-20-6-13-24(31(33)34)18-26(20)30(38(5,35)36)19-21-7-9-22(10-8-21)27(32)29-16-17-37-25-14-11-23(12-15-25)28(2,3)4/h6-15,18H,16-17,19H2,1-5H3,(H,29,32). The highest BCUT2D eigenvalue weighted by molar-refractivity contribution is 7.92. The van der Waals surface area contributed by atoms with Crippen molar-refractivity contribution >= 4 is 27.3 Å². The van der Waals surface area contributed by atoms with E-state index in [4.69, 9.17) is 4.74 Å². The average Bonchev–Trinajstić information content (AvgIpc) is 2.85. The zero-order valence-electron chi connectivity index (χ0n) is 22.2. The maximum absolute atomic E-state index is 12.5. The van der Waals surface area contributed by atoms with Gasteiger partial charge in [-0.15, -0.1) is 0 Å². The van der Waals surface area contributed by atoms with Gasteiger partial charge in [0.2, 0.25) is 10.0 Å². The molecular formula is C28H33N3O6S. The first kappa shape index (κ1) is 28.6. The van der Waals surface area contributed by atoms with Crippen molar-refractivity contribution < 1.29 is 22.9 Å². The number of amides is 1. The highest BCUT2D eigenvalue weighted by Crippen LogP contribution is 2.29. The van der Waals surface area contributed by atoms with Crippen LogP contribution in [-0.2, 0) is 22.0 Å². The summed E-state index contributed by atoms with van der Waals surface area (Å²) in [7, 11) is -3.74. The molecule has 202 valence electrons. The predicted octanol–water partition coefficient (Wildman–Crippen LogP) is 4.98. The first-order valence-corrected chi connectivity index (χ1v) is 13.9. The highest BCUT2D eigenvalue weighted by atomic mass is 32.2. The molecule has 0 aromatic heterocycles. The van der Waals surface area contributed by atoms with Crippen molar-refractivity contribution in [1.82, 2.24) is 5.32 Å². The number of hydrogen-bond donors (Lipinski definition) is 1. The maximum atomic E-state index is 12.5. The van der Waals surface area contributed by atoms with E-state index >= 15 is 0 Å². The van der Waals surface area contributed by atoms with Crippen molar-refractivity contribution in [2.45, 2.75) is 39.7 Å². The number of aryl methyl sites for hydroxylation is 1. The van der Waals surface area contributed by atoms with Crippen LogP contribution >= 0.6 is 0 Å². The Morgan fingerprint density at radius 3 is 2.21 bits per heavy atom. The molecule has 3 aromatic rings. The van der Waals surface area contributed by atoms with Crippen molar-refractivity contribution in [3.8, 4) is 5.75 Å². The summed E-state index contributed by atoms with van der Waals surface area (Å²) in [6.07, 6.45) is 1.05. The van der Waals surface area contributed by atoms with Gasteiger partial charge in [-0.2, -0.15) is 0 Å². The van der Waals surface area contributed by atoms with Gasteiger partial charge in [-0.1, -0.05) is 51.1 Å². The van der Waals surface area contributed by atoms with Crippen molar-refractivity contribution in [2.75, 3.05) is 23.7 Å². The number of anilines is 1. The van der Waals surface area contributed by atoms with Gasteiger partial charge in [-0.3, -0.25) is 19.2 Å². The molecule has 0 heterocycles. The topological polar surface area (TPSA) is 119 Å². The van der Waals surface area contributed by atoms with Crippen molar-refractivity contribution in [3.63, 3.8) is 0 Å². The van der Waals surface area contributed by atoms with E-state index in [1.807, 2.05) is 24.3 Å². The van der Waals surface area contributed by atoms with E-state index in [2.05, 4.69) is 26.1 Å². The second-order valence-electron chi connectivity index (χ2n) is 10.1. The quantitative estimate of drug-likeness (QED) is 0.221. The number of nitrogens with zero attached hydrogens (tertiary/aromatic N) is 2. The molecule has 9 nitrogen and oxygen atoms in total. The second kappa shape index (κ2) is 11.6. The Balaban J connectivity index is 1.60. The lowest BCUT2D eigenvalue weighted by Gasteiger charge is -2.24. The summed E-state index contributed by atoms with van der Waals surface area (Å²) in [6.45, 7) is 8.71. The Bertz CT molecular complexity index is 1400. The maximum Gasteiger partial charge on any atom is 0.271 e. The fourth-order valence-electron chi connectivity index (χ4n) is 3.78. The molecule has 0 aliphatic carbocycles. The number of carbonyl (C=O) groups excluding carboxylic acids is 1. The Hall–Kier alpha value is -3.92. The molecule has 0 fully saturated rings. The van der Waals surface area contributed by atoms with Gasteiger partial charge in [-0.05, 0) is 53.3 Å². The molecule has 0 aliphatic rings. The number of rotatable bonds is 10. The van der Waals surface area contributed by atoms with Crippen molar-refractivity contribution in [2.24, 2.45) is 0 Å². The van der Waals surface area contributed by atoms with Crippen LogP contribution in [0.1, 0.15) is 47.8 Å². The zero-order valence-corrected chi connectivity index (χ0v) is 23.0. The summed E-state index contributed by atoms with van der Waals surface area (Å²) in [6, 6.07) is 18.5. The number of non-ortho nitro benzene ring substituents is 1. The highest BCUT2D eigenvalue weighted by Gasteiger charge is 2.22. The van der Waals surface area contributed by atoms with Crippen molar-refractivity contribution in [3.05, 3.63) is 99.1 Å². The van der Waals surface area contributed by atoms with Crippen LogP contribution in [-0.4, -0.2) is 38.7 Å². The summed E-state index contributed by atoms with van der Waals surface area (Å²) in [5, 5.41) is 14.0. The van der Waals surface area contributed by atoms with Crippen LogP contribution in [0.5, 0.6) is 5.75 Å². The first-order valence-electron chi connectivity index (χ1n) is 12.1. The molecule has 0 aliphatic heterocycles. The third-order valence-corrected chi connectivity index (χ3v) is 7.12. The normalized spacial score (nSPS) is 11.6. The van der Waals surface area contributed by atoms with E-state index in [-0.39, 0.29) is 29.2 Å². The largest absolute Gasteiger partial charge is 0.492 e. The third kappa shape index (κ3) is 7.55. The fourth-order valence-corrected chi connectivity index (χ4v) is 4.71. The number of benzene rings is 3. The lowest BCUT2D eigenvalue weighted by atomic mass is 9.87. The minimum Gasteiger partial charge on any atom is -0.492 e. The van der Waals surface area contributed by atoms with Crippen LogP contribution in [0, 0.1) is 17.0 Å². The second-order valence-corrected chi connectivity index (χ2v) is 12.0. The molecule has 3 rings (SSSR count). The van der Waals surface area contributed by atoms with Crippen molar-refractivity contribution in [1.29, 1.82) is 0 Å². The molecule has 0 radical (unpaired) electrons. The van der Waals surface area contributed by atoms with Crippen LogP contribution < -0.4 is 14.4 Å². The SMILES string of the molecule is Cc1ccc([N+](=O)[O-])cc1N(Cc1ccc(C(=O)NCCOc2ccc(C(C)(C)C)cc2)cc1)S(C)(=O)=O. The summed E-state index contributed by atoms with van der Waals surface area (Å²) >= 11 is 0. The molecule has 1 N–H and O–H groups in total. The fraction of sp³-hybridized carbons (Fsp3) is 0.321. The van der Waals surface area contributed by atoms with Gasteiger partial charge < -0.3 is 10.1 Å². The van der Waals surface area contributed by atoms with E-state index in [0.29, 0.717) is 29.8 Å². The smallest absolute Gasteiger partial charge is 0.271 e. The van der Waals surface area contributed by atoms with E-state index in [9.17, 15) is 23.3 Å². The van der Waals surface area contributed by atoms with Crippen LogP contribution in [0.25, 0.3) is 0 Å². The number of sulfonamides is 1. The van der Waals surface area contributed by atoms with Crippen LogP contribution in [0.3, 0.4) is 0 Å². The molecule has 1 amide bonds. The van der Waals surface area contributed by atoms with E-state index in [0.717, 1.165) is 16.3 Å². The molecular weight excluding hydrogens is 506 g/mol. The summed E-state index contributed by atoms with van der Waals surface area (Å²) in [5.74, 6) is 0.448. The van der Waals surface area contributed by atoms with Gasteiger partial charge in [0.05, 0.1) is 30.0 Å². The predicted molar refractivity (Wildman–Crippen MR) is 148 cm³/mol. The van der Waals surface area contributed by atoms with Gasteiger partial charge in [0.15, 0.2) is 0 Å². The van der Waals surface area contributed by atoms with Gasteiger partial charge in [0, 0.05) is 17.7 Å². The number of nitrogens with one attached hydrogen (secondary N) is 1. The molecule has 0 bridgehead atoms. The van der Waals surface area contributed by atoms with Gasteiger partial charge >= 0.3 is 0 Å². The number of nitro groups is 1. The minimum atomic E-state index is -3.74. The molecule has 3 aromatic carbocycles. The monoisotopic (exact) mass is 539 g/mol. The lowest BCUT2D eigenvalue weighted by molar-refractivity contribution is -0.384. The Labute approximate surface area is 223 Å². The van der Waals surface area contributed by atoms with E-state index in [1.165, 1.54) is 23.8 Å². The summed E-state index contributed by atoms with van der Waals surface area (Å²) < 4.78 is 31.9. The lowest BCUT2D eigenvalue weighted by Crippen LogP contribution is -2.30.